The second-order valence-corrected chi connectivity index (χ2v) is 36.3. The first-order valence-corrected chi connectivity index (χ1v) is 50.7. The van der Waals surface area contributed by atoms with Gasteiger partial charge in [0.05, 0.1) is 38.6 Å². The molecule has 0 bridgehead atoms. The number of aliphatic hydroxyl groups is 11. The highest BCUT2D eigenvalue weighted by molar-refractivity contribution is 5.76. The van der Waals surface area contributed by atoms with Gasteiger partial charge in [0.15, 0.2) is 18.9 Å². The number of allylic oxidation sites excluding steroid dienone is 5. The molecule has 17 unspecified atom stereocenters. The van der Waals surface area contributed by atoms with Gasteiger partial charge in [-0.25, -0.2) is 0 Å². The van der Waals surface area contributed by atoms with Gasteiger partial charge in [-0.1, -0.05) is 448 Å². The van der Waals surface area contributed by atoms with Gasteiger partial charge in [-0.3, -0.25) is 4.79 Å². The summed E-state index contributed by atoms with van der Waals surface area (Å²) in [6.45, 7) is 1.80. The first-order chi connectivity index (χ1) is 58.3. The van der Waals surface area contributed by atoms with Gasteiger partial charge < -0.3 is 89.9 Å². The molecule has 3 fully saturated rings. The van der Waals surface area contributed by atoms with E-state index in [-0.39, 0.29) is 18.9 Å². The van der Waals surface area contributed by atoms with Gasteiger partial charge in [0.1, 0.15) is 73.2 Å². The molecule has 19 nitrogen and oxygen atoms in total. The molecule has 17 atom stereocenters. The Morgan fingerprint density at radius 2 is 0.538 bits per heavy atom. The number of ether oxygens (including phenoxy) is 6. The fourth-order valence-electron chi connectivity index (χ4n) is 17.4. The zero-order valence-electron chi connectivity index (χ0n) is 76.4. The third-order valence-electron chi connectivity index (χ3n) is 25.4. The third-order valence-corrected chi connectivity index (χ3v) is 25.4. The molecule has 0 saturated carbocycles. The Labute approximate surface area is 727 Å². The lowest BCUT2D eigenvalue weighted by Crippen LogP contribution is -2.66. The van der Waals surface area contributed by atoms with Crippen molar-refractivity contribution in [3.63, 3.8) is 0 Å². The number of nitrogens with one attached hydrogen (secondary N) is 1. The number of carbonyl (C=O) groups is 1. The van der Waals surface area contributed by atoms with Gasteiger partial charge in [0, 0.05) is 6.42 Å². The average molecular weight is 1690 g/mol. The van der Waals surface area contributed by atoms with Crippen LogP contribution in [0.5, 0.6) is 0 Å². The minimum absolute atomic E-state index is 0.237. The van der Waals surface area contributed by atoms with Crippen molar-refractivity contribution in [1.29, 1.82) is 0 Å². The summed E-state index contributed by atoms with van der Waals surface area (Å²) in [5, 5.41) is 121. The Hall–Kier alpha value is -1.99. The number of hydrogen-bond acceptors (Lipinski definition) is 18. The number of unbranched alkanes of at least 4 members (excludes halogenated alkanes) is 65. The van der Waals surface area contributed by atoms with Crippen LogP contribution in [0, 0.1) is 0 Å². The van der Waals surface area contributed by atoms with E-state index in [0.717, 1.165) is 44.9 Å². The zero-order valence-corrected chi connectivity index (χ0v) is 76.4. The minimum Gasteiger partial charge on any atom is -0.394 e. The van der Waals surface area contributed by atoms with E-state index in [1.165, 1.54) is 385 Å². The SMILES string of the molecule is CCCCCCCCCCCCCCCCCCCCCCCCC/C=C/CC/C=C/CC/C=C/C(O)C(COC1OC(CO)C(OC2OC(CO)C(OC3OC(CO)C(O)C(O)C3O)C(O)C2O)C(O)C1O)NC(=O)CCCCCCCCCCCCCCCCCCCCCCCCCCCCCCCCCCCCCCCCCCC. The van der Waals surface area contributed by atoms with Crippen LogP contribution < -0.4 is 5.32 Å². The van der Waals surface area contributed by atoms with Crippen molar-refractivity contribution in [1.82, 2.24) is 5.32 Å². The quantitative estimate of drug-likeness (QED) is 0.0199. The largest absolute Gasteiger partial charge is 0.394 e. The van der Waals surface area contributed by atoms with Crippen molar-refractivity contribution in [3.8, 4) is 0 Å². The molecule has 0 radical (unpaired) electrons. The summed E-state index contributed by atoms with van der Waals surface area (Å²) in [6.07, 6.45) is 77.9. The van der Waals surface area contributed by atoms with E-state index in [0.29, 0.717) is 12.8 Å². The van der Waals surface area contributed by atoms with E-state index in [2.05, 4.69) is 43.5 Å². The first kappa shape index (κ1) is 111. The summed E-state index contributed by atoms with van der Waals surface area (Å²) in [4.78, 5) is 13.5. The Morgan fingerprint density at radius 1 is 0.294 bits per heavy atom. The summed E-state index contributed by atoms with van der Waals surface area (Å²) < 4.78 is 34.6. The zero-order chi connectivity index (χ0) is 85.9. The van der Waals surface area contributed by atoms with Crippen LogP contribution in [-0.2, 0) is 33.2 Å². The van der Waals surface area contributed by atoms with Crippen LogP contribution in [-0.4, -0.2) is 193 Å². The molecule has 3 aliphatic heterocycles. The predicted octanol–water partition coefficient (Wildman–Crippen LogP) is 21.3. The highest BCUT2D eigenvalue weighted by Gasteiger charge is 2.54. The molecule has 0 aromatic carbocycles. The molecule has 3 saturated heterocycles. The van der Waals surface area contributed by atoms with Crippen LogP contribution in [0.3, 0.4) is 0 Å². The van der Waals surface area contributed by atoms with Crippen molar-refractivity contribution < 1.29 is 89.4 Å². The van der Waals surface area contributed by atoms with E-state index in [4.69, 9.17) is 28.4 Å². The van der Waals surface area contributed by atoms with Crippen LogP contribution in [0.2, 0.25) is 0 Å². The smallest absolute Gasteiger partial charge is 0.220 e. The maximum absolute atomic E-state index is 13.5. The normalized spacial score (nSPS) is 24.3. The molecule has 0 aliphatic carbocycles. The summed E-state index contributed by atoms with van der Waals surface area (Å²) >= 11 is 0. The van der Waals surface area contributed by atoms with Crippen LogP contribution in [0.4, 0.5) is 0 Å². The van der Waals surface area contributed by atoms with Gasteiger partial charge in [0.2, 0.25) is 5.91 Å². The molecule has 702 valence electrons. The average Bonchev–Trinajstić information content (AvgIpc) is 0.778. The molecule has 1 amide bonds. The Morgan fingerprint density at radius 3 is 0.840 bits per heavy atom. The predicted molar refractivity (Wildman–Crippen MR) is 485 cm³/mol. The second-order valence-electron chi connectivity index (χ2n) is 36.3. The minimum atomic E-state index is -1.98. The van der Waals surface area contributed by atoms with E-state index >= 15 is 0 Å². The monoisotopic (exact) mass is 1690 g/mol. The molecule has 12 N–H and O–H groups in total. The summed E-state index contributed by atoms with van der Waals surface area (Å²) in [5.41, 5.74) is 0. The maximum atomic E-state index is 13.5. The van der Waals surface area contributed by atoms with Crippen molar-refractivity contribution in [2.75, 3.05) is 26.4 Å². The van der Waals surface area contributed by atoms with Crippen molar-refractivity contribution >= 4 is 5.91 Å². The fraction of sp³-hybridized carbons (Fsp3) is 0.930. The van der Waals surface area contributed by atoms with Crippen LogP contribution in [0.15, 0.2) is 36.5 Å². The van der Waals surface area contributed by atoms with Gasteiger partial charge in [0.25, 0.3) is 0 Å². The molecule has 0 spiro atoms. The summed E-state index contributed by atoms with van der Waals surface area (Å²) in [6, 6.07) is -0.998. The van der Waals surface area contributed by atoms with Crippen LogP contribution in [0.1, 0.15) is 463 Å². The molecular formula is C100H189NO18. The number of aliphatic hydroxyl groups excluding tert-OH is 11. The van der Waals surface area contributed by atoms with E-state index in [9.17, 15) is 61.0 Å². The number of amides is 1. The molecule has 19 heteroatoms. The molecule has 0 aromatic rings. The highest BCUT2D eigenvalue weighted by atomic mass is 16.8. The maximum Gasteiger partial charge on any atom is 0.220 e. The lowest BCUT2D eigenvalue weighted by atomic mass is 9.96. The van der Waals surface area contributed by atoms with Gasteiger partial charge in [-0.05, 0) is 44.9 Å². The summed E-state index contributed by atoms with van der Waals surface area (Å²) in [5.74, 6) is -0.280. The van der Waals surface area contributed by atoms with Crippen molar-refractivity contribution in [2.24, 2.45) is 0 Å². The van der Waals surface area contributed by atoms with E-state index in [1.54, 1.807) is 6.08 Å². The summed E-state index contributed by atoms with van der Waals surface area (Å²) in [7, 11) is 0. The molecule has 0 aromatic heterocycles. The number of rotatable bonds is 85. The Bertz CT molecular complexity index is 2280. The highest BCUT2D eigenvalue weighted by Crippen LogP contribution is 2.34. The lowest BCUT2D eigenvalue weighted by Gasteiger charge is -2.48. The van der Waals surface area contributed by atoms with Gasteiger partial charge in [-0.2, -0.15) is 0 Å². The number of hydrogen-bond donors (Lipinski definition) is 12. The molecule has 3 heterocycles. The van der Waals surface area contributed by atoms with Gasteiger partial charge in [-0.15, -0.1) is 0 Å². The molecule has 3 aliphatic rings. The standard InChI is InChI=1S/C100H189NO18/c1-3-5-7-9-11-13-15-17-19-21-23-25-27-29-31-33-35-37-38-39-40-41-42-43-44-46-48-50-52-54-56-58-60-62-64-66-68-70-72-74-76-78-88(106)101-83(84(105)77-75-73-71-69-67-65-63-61-59-57-55-53-51-49-47-45-36-34-32-30-28-26-24-22-20-18-16-14-12-10-8-6-4-2)82-114-98-94(112)91(109)96(86(80-103)116-98)119-100-95(113)92(110)97(87(81-104)117-100)118-99-93(111)90(108)89(107)85(79-102)115-99/h59,61,67,69,75,77,83-87,89-100,102-105,107-113H,3-58,60,62-66,68,70-74,76,78-82H2,1-2H3,(H,101,106)/b61-59+,69-67+,77-75+. The van der Waals surface area contributed by atoms with Crippen LogP contribution >= 0.6 is 0 Å². The van der Waals surface area contributed by atoms with E-state index in [1.807, 2.05) is 6.08 Å². The van der Waals surface area contributed by atoms with Crippen molar-refractivity contribution in [2.45, 2.75) is 568 Å². The topological polar surface area (TPSA) is 307 Å². The molecule has 119 heavy (non-hydrogen) atoms. The molecule has 3 rings (SSSR count). The fourth-order valence-corrected chi connectivity index (χ4v) is 17.4. The molecular weight excluding hydrogens is 1500 g/mol. The van der Waals surface area contributed by atoms with E-state index < -0.39 is 124 Å². The third kappa shape index (κ3) is 56.7. The Balaban J connectivity index is 1.28. The van der Waals surface area contributed by atoms with Crippen LogP contribution in [0.25, 0.3) is 0 Å². The Kier molecular flexibility index (Phi) is 74.2. The number of carbonyl (C=O) groups excluding carboxylic acids is 1. The van der Waals surface area contributed by atoms with Gasteiger partial charge >= 0.3 is 0 Å². The second kappa shape index (κ2) is 79.4. The lowest BCUT2D eigenvalue weighted by molar-refractivity contribution is -0.379. The van der Waals surface area contributed by atoms with Crippen molar-refractivity contribution in [3.05, 3.63) is 36.5 Å². The first-order valence-electron chi connectivity index (χ1n) is 50.7.